The lowest BCUT2D eigenvalue weighted by atomic mass is 10.1. The zero-order valence-corrected chi connectivity index (χ0v) is 10.7. The van der Waals surface area contributed by atoms with Crippen LogP contribution in [0.2, 0.25) is 0 Å². The number of rotatable bonds is 4. The highest BCUT2D eigenvalue weighted by Gasteiger charge is 2.15. The molecule has 1 unspecified atom stereocenters. The molecule has 0 bridgehead atoms. The molecule has 0 saturated heterocycles. The minimum absolute atomic E-state index is 0.293. The quantitative estimate of drug-likeness (QED) is 0.790. The molecule has 1 N–H and O–H groups in total. The van der Waals surface area contributed by atoms with Crippen molar-refractivity contribution >= 4 is 11.3 Å². The molecule has 6 heteroatoms. The van der Waals surface area contributed by atoms with Gasteiger partial charge in [-0.1, -0.05) is 35.5 Å². The molecular formula is C13H11N3O2S. The summed E-state index contributed by atoms with van der Waals surface area (Å²) in [6.07, 6.45) is -0.355. The van der Waals surface area contributed by atoms with E-state index in [0.717, 1.165) is 5.56 Å². The van der Waals surface area contributed by atoms with Crippen LogP contribution in [0.15, 0.2) is 45.7 Å². The molecule has 19 heavy (non-hydrogen) atoms. The number of aliphatic hydroxyl groups excluding tert-OH is 1. The van der Waals surface area contributed by atoms with Gasteiger partial charge in [-0.3, -0.25) is 0 Å². The number of aliphatic hydroxyl groups is 1. The van der Waals surface area contributed by atoms with Gasteiger partial charge in [-0.15, -0.1) is 11.3 Å². The minimum Gasteiger partial charge on any atom is -0.388 e. The largest absolute Gasteiger partial charge is 0.388 e. The highest BCUT2D eigenvalue weighted by Crippen LogP contribution is 2.20. The standard InChI is InChI=1S/C13H11N3O2S/c17-11(9-4-2-1-3-5-9)6-12-15-13(16-18-12)10-7-19-8-14-10/h1-5,7-8,11,17H,6H2. The summed E-state index contributed by atoms with van der Waals surface area (Å²) in [5.74, 6) is 0.857. The Kier molecular flexibility index (Phi) is 3.35. The molecule has 5 nitrogen and oxygen atoms in total. The zero-order chi connectivity index (χ0) is 13.1. The fourth-order valence-corrected chi connectivity index (χ4v) is 2.25. The molecule has 0 fully saturated rings. The van der Waals surface area contributed by atoms with Crippen LogP contribution in [0.5, 0.6) is 0 Å². The predicted octanol–water partition coefficient (Wildman–Crippen LogP) is 2.47. The molecular weight excluding hydrogens is 262 g/mol. The lowest BCUT2D eigenvalue weighted by molar-refractivity contribution is 0.165. The van der Waals surface area contributed by atoms with Crippen molar-refractivity contribution in [3.8, 4) is 11.5 Å². The maximum atomic E-state index is 10.1. The zero-order valence-electron chi connectivity index (χ0n) is 9.93. The van der Waals surface area contributed by atoms with Crippen molar-refractivity contribution in [3.05, 3.63) is 52.7 Å². The summed E-state index contributed by atoms with van der Waals surface area (Å²) in [5, 5.41) is 15.8. The molecule has 1 aromatic carbocycles. The van der Waals surface area contributed by atoms with Crippen molar-refractivity contribution in [2.24, 2.45) is 0 Å². The van der Waals surface area contributed by atoms with Crippen LogP contribution in [0.4, 0.5) is 0 Å². The Hall–Kier alpha value is -2.05. The molecule has 0 saturated carbocycles. The Morgan fingerprint density at radius 2 is 2.11 bits per heavy atom. The van der Waals surface area contributed by atoms with Crippen molar-refractivity contribution in [1.29, 1.82) is 0 Å². The van der Waals surface area contributed by atoms with Gasteiger partial charge < -0.3 is 9.63 Å². The van der Waals surface area contributed by atoms with E-state index in [0.29, 0.717) is 23.8 Å². The second kappa shape index (κ2) is 5.29. The van der Waals surface area contributed by atoms with Crippen LogP contribution in [-0.2, 0) is 6.42 Å². The Labute approximate surface area is 113 Å². The average Bonchev–Trinajstić information content (AvgIpc) is 3.10. The van der Waals surface area contributed by atoms with E-state index in [4.69, 9.17) is 4.52 Å². The third-order valence-electron chi connectivity index (χ3n) is 2.68. The topological polar surface area (TPSA) is 72.0 Å². The van der Waals surface area contributed by atoms with Crippen molar-refractivity contribution in [1.82, 2.24) is 15.1 Å². The number of aromatic nitrogens is 3. The summed E-state index contributed by atoms with van der Waals surface area (Å²) in [7, 11) is 0. The molecule has 0 amide bonds. The lowest BCUT2D eigenvalue weighted by Crippen LogP contribution is -2.01. The summed E-state index contributed by atoms with van der Waals surface area (Å²) in [4.78, 5) is 8.33. The maximum Gasteiger partial charge on any atom is 0.229 e. The Morgan fingerprint density at radius 3 is 2.84 bits per heavy atom. The molecule has 0 radical (unpaired) electrons. The normalized spacial score (nSPS) is 12.5. The van der Waals surface area contributed by atoms with Gasteiger partial charge in [0, 0.05) is 5.38 Å². The number of hydrogen-bond acceptors (Lipinski definition) is 6. The van der Waals surface area contributed by atoms with Crippen molar-refractivity contribution in [2.45, 2.75) is 12.5 Å². The van der Waals surface area contributed by atoms with Gasteiger partial charge in [0.25, 0.3) is 0 Å². The van der Waals surface area contributed by atoms with Gasteiger partial charge in [-0.25, -0.2) is 4.98 Å². The first-order chi connectivity index (χ1) is 9.33. The monoisotopic (exact) mass is 273 g/mol. The fourth-order valence-electron chi connectivity index (χ4n) is 1.72. The fraction of sp³-hybridized carbons (Fsp3) is 0.154. The van der Waals surface area contributed by atoms with E-state index in [2.05, 4.69) is 15.1 Å². The first-order valence-electron chi connectivity index (χ1n) is 5.77. The number of thiazole rings is 1. The van der Waals surface area contributed by atoms with Crippen molar-refractivity contribution in [3.63, 3.8) is 0 Å². The molecule has 2 aromatic heterocycles. The second-order valence-electron chi connectivity index (χ2n) is 4.02. The van der Waals surface area contributed by atoms with Gasteiger partial charge in [0.1, 0.15) is 5.69 Å². The highest BCUT2D eigenvalue weighted by atomic mass is 32.1. The van der Waals surface area contributed by atoms with E-state index >= 15 is 0 Å². The average molecular weight is 273 g/mol. The molecule has 0 spiro atoms. The van der Waals surface area contributed by atoms with Gasteiger partial charge >= 0.3 is 0 Å². The summed E-state index contributed by atoms with van der Waals surface area (Å²) in [5.41, 5.74) is 3.23. The number of benzene rings is 1. The van der Waals surface area contributed by atoms with Gasteiger partial charge in [-0.2, -0.15) is 4.98 Å². The number of hydrogen-bond donors (Lipinski definition) is 1. The van der Waals surface area contributed by atoms with E-state index in [-0.39, 0.29) is 0 Å². The first kappa shape index (κ1) is 12.0. The van der Waals surface area contributed by atoms with Crippen molar-refractivity contribution in [2.75, 3.05) is 0 Å². The van der Waals surface area contributed by atoms with Crippen LogP contribution in [-0.4, -0.2) is 20.2 Å². The number of nitrogens with zero attached hydrogens (tertiary/aromatic N) is 3. The molecule has 0 aliphatic rings. The van der Waals surface area contributed by atoms with E-state index in [1.54, 1.807) is 5.51 Å². The summed E-state index contributed by atoms with van der Waals surface area (Å²) in [6, 6.07) is 9.40. The van der Waals surface area contributed by atoms with Crippen LogP contribution in [0.25, 0.3) is 11.5 Å². The van der Waals surface area contributed by atoms with Gasteiger partial charge in [0.05, 0.1) is 18.0 Å². The maximum absolute atomic E-state index is 10.1. The van der Waals surface area contributed by atoms with Crippen LogP contribution >= 0.6 is 11.3 Å². The van der Waals surface area contributed by atoms with E-state index in [9.17, 15) is 5.11 Å². The van der Waals surface area contributed by atoms with Gasteiger partial charge in [0.2, 0.25) is 11.7 Å². The molecule has 3 aromatic rings. The molecule has 2 heterocycles. The van der Waals surface area contributed by atoms with Crippen molar-refractivity contribution < 1.29 is 9.63 Å². The lowest BCUT2D eigenvalue weighted by Gasteiger charge is -2.07. The molecule has 96 valence electrons. The van der Waals surface area contributed by atoms with Crippen LogP contribution in [0.1, 0.15) is 17.6 Å². The Morgan fingerprint density at radius 1 is 1.26 bits per heavy atom. The molecule has 3 rings (SSSR count). The third-order valence-corrected chi connectivity index (χ3v) is 3.27. The van der Waals surface area contributed by atoms with E-state index in [1.807, 2.05) is 35.7 Å². The third kappa shape index (κ3) is 2.69. The van der Waals surface area contributed by atoms with Crippen LogP contribution in [0, 0.1) is 0 Å². The predicted molar refractivity (Wildman–Crippen MR) is 70.5 cm³/mol. The first-order valence-corrected chi connectivity index (χ1v) is 6.71. The Balaban J connectivity index is 1.74. The minimum atomic E-state index is -0.648. The highest BCUT2D eigenvalue weighted by molar-refractivity contribution is 7.07. The molecule has 1 atom stereocenters. The SMILES string of the molecule is OC(Cc1nc(-c2cscn2)no1)c1ccccc1. The van der Waals surface area contributed by atoms with Crippen LogP contribution < -0.4 is 0 Å². The Bertz CT molecular complexity index is 637. The van der Waals surface area contributed by atoms with E-state index < -0.39 is 6.10 Å². The second-order valence-corrected chi connectivity index (χ2v) is 4.73. The van der Waals surface area contributed by atoms with Crippen LogP contribution in [0.3, 0.4) is 0 Å². The van der Waals surface area contributed by atoms with E-state index in [1.165, 1.54) is 11.3 Å². The molecule has 0 aliphatic carbocycles. The smallest absolute Gasteiger partial charge is 0.229 e. The van der Waals surface area contributed by atoms with Gasteiger partial charge in [0.15, 0.2) is 0 Å². The van der Waals surface area contributed by atoms with Gasteiger partial charge in [-0.05, 0) is 5.56 Å². The summed E-state index contributed by atoms with van der Waals surface area (Å²) >= 11 is 1.47. The summed E-state index contributed by atoms with van der Waals surface area (Å²) in [6.45, 7) is 0. The molecule has 0 aliphatic heterocycles. The summed E-state index contributed by atoms with van der Waals surface area (Å²) < 4.78 is 5.12.